The number of hydrogen-bond acceptors (Lipinski definition) is 5. The molecule has 1 aliphatic heterocycles. The predicted molar refractivity (Wildman–Crippen MR) is 101 cm³/mol. The molecule has 1 N–H and O–H groups in total. The van der Waals surface area contributed by atoms with E-state index in [0.717, 1.165) is 0 Å². The number of ether oxygens (including phenoxy) is 2. The fourth-order valence-corrected chi connectivity index (χ4v) is 2.89. The Labute approximate surface area is 160 Å². The third kappa shape index (κ3) is 3.86. The zero-order chi connectivity index (χ0) is 18.7. The first kappa shape index (κ1) is 18.4. The maximum absolute atomic E-state index is 12.4. The minimum absolute atomic E-state index is 0.290. The molecule has 0 radical (unpaired) electrons. The highest BCUT2D eigenvalue weighted by Crippen LogP contribution is 2.34. The molecule has 26 heavy (non-hydrogen) atoms. The van der Waals surface area contributed by atoms with Crippen molar-refractivity contribution in [3.05, 3.63) is 52.0 Å². The molecule has 0 bridgehead atoms. The minimum Gasteiger partial charge on any atom is -0.496 e. The molecule has 0 aliphatic carbocycles. The highest BCUT2D eigenvalue weighted by atomic mass is 35.5. The third-order valence-corrected chi connectivity index (χ3v) is 4.41. The van der Waals surface area contributed by atoms with Gasteiger partial charge >= 0.3 is 0 Å². The number of benzene rings is 2. The fraction of sp³-hybridized carbons (Fsp3) is 0.222. The van der Waals surface area contributed by atoms with Crippen molar-refractivity contribution in [3.63, 3.8) is 0 Å². The highest BCUT2D eigenvalue weighted by Gasteiger charge is 2.30. The van der Waals surface area contributed by atoms with Crippen LogP contribution in [0.4, 0.5) is 5.69 Å². The monoisotopic (exact) mass is 394 g/mol. The second kappa shape index (κ2) is 7.85. The quantitative estimate of drug-likeness (QED) is 0.826. The molecule has 0 saturated carbocycles. The number of methoxy groups -OCH3 is 2. The molecule has 8 heteroatoms. The van der Waals surface area contributed by atoms with Gasteiger partial charge in [-0.15, -0.1) is 0 Å². The molecule has 2 aromatic rings. The van der Waals surface area contributed by atoms with E-state index < -0.39 is 6.10 Å². The van der Waals surface area contributed by atoms with E-state index in [1.54, 1.807) is 36.4 Å². The molecular weight excluding hydrogens is 379 g/mol. The van der Waals surface area contributed by atoms with E-state index in [4.69, 9.17) is 37.5 Å². The summed E-state index contributed by atoms with van der Waals surface area (Å²) in [5.74, 6) is 0.723. The smallest absolute Gasteiger partial charge is 0.268 e. The largest absolute Gasteiger partial charge is 0.496 e. The van der Waals surface area contributed by atoms with E-state index in [-0.39, 0.29) is 5.91 Å². The molecule has 0 saturated heterocycles. The second-order valence-electron chi connectivity index (χ2n) is 5.52. The number of rotatable bonds is 5. The Bertz CT molecular complexity index is 853. The summed E-state index contributed by atoms with van der Waals surface area (Å²) >= 11 is 12.0. The van der Waals surface area contributed by atoms with Crippen molar-refractivity contribution < 1.29 is 19.1 Å². The Balaban J connectivity index is 1.72. The van der Waals surface area contributed by atoms with Crippen molar-refractivity contribution in [2.24, 2.45) is 5.16 Å². The number of nitrogens with one attached hydrogen (secondary N) is 1. The van der Waals surface area contributed by atoms with Crippen LogP contribution < -0.4 is 14.8 Å². The predicted octanol–water partition coefficient (Wildman–Crippen LogP) is 4.14. The summed E-state index contributed by atoms with van der Waals surface area (Å²) < 4.78 is 10.6. The molecule has 0 aromatic heterocycles. The Morgan fingerprint density at radius 3 is 2.50 bits per heavy atom. The summed E-state index contributed by atoms with van der Waals surface area (Å²) in [6.45, 7) is 0. The van der Waals surface area contributed by atoms with Gasteiger partial charge in [-0.2, -0.15) is 0 Å². The van der Waals surface area contributed by atoms with Crippen LogP contribution >= 0.6 is 23.2 Å². The molecule has 1 heterocycles. The lowest BCUT2D eigenvalue weighted by molar-refractivity contribution is -0.125. The van der Waals surface area contributed by atoms with Crippen LogP contribution in [0.1, 0.15) is 12.0 Å². The normalized spacial score (nSPS) is 15.8. The molecular formula is C18H16Cl2N2O4. The first-order valence-corrected chi connectivity index (χ1v) is 8.48. The van der Waals surface area contributed by atoms with Crippen LogP contribution in [0.15, 0.2) is 41.6 Å². The van der Waals surface area contributed by atoms with E-state index in [9.17, 15) is 4.79 Å². The van der Waals surface area contributed by atoms with Gasteiger partial charge in [-0.25, -0.2) is 0 Å². The topological polar surface area (TPSA) is 69.1 Å². The fourth-order valence-electron chi connectivity index (χ4n) is 2.52. The first-order chi connectivity index (χ1) is 12.5. The number of hydrogen-bond donors (Lipinski definition) is 1. The van der Waals surface area contributed by atoms with E-state index in [1.807, 2.05) is 0 Å². The molecule has 6 nitrogen and oxygen atoms in total. The summed E-state index contributed by atoms with van der Waals surface area (Å²) in [6, 6.07) is 10.2. The van der Waals surface area contributed by atoms with Gasteiger partial charge in [0, 0.05) is 28.8 Å². The van der Waals surface area contributed by atoms with Crippen molar-refractivity contribution in [3.8, 4) is 11.5 Å². The lowest BCUT2D eigenvalue weighted by Crippen LogP contribution is -2.28. The molecule has 2 aromatic carbocycles. The van der Waals surface area contributed by atoms with E-state index in [1.165, 1.54) is 14.2 Å². The van der Waals surface area contributed by atoms with Crippen LogP contribution in [0.3, 0.4) is 0 Å². The van der Waals surface area contributed by atoms with Gasteiger partial charge in [-0.1, -0.05) is 28.4 Å². The third-order valence-electron chi connectivity index (χ3n) is 3.86. The number of oxime groups is 1. The Hall–Kier alpha value is -2.44. The molecule has 0 spiro atoms. The lowest BCUT2D eigenvalue weighted by Gasteiger charge is -2.12. The Kier molecular flexibility index (Phi) is 5.54. The summed E-state index contributed by atoms with van der Waals surface area (Å²) in [7, 11) is 3.06. The average Bonchev–Trinajstić information content (AvgIpc) is 3.13. The lowest BCUT2D eigenvalue weighted by atomic mass is 10.0. The number of anilines is 1. The second-order valence-corrected chi connectivity index (χ2v) is 6.36. The van der Waals surface area contributed by atoms with Gasteiger partial charge in [0.05, 0.1) is 25.0 Å². The van der Waals surface area contributed by atoms with Crippen molar-refractivity contribution in [1.29, 1.82) is 0 Å². The first-order valence-electron chi connectivity index (χ1n) is 7.73. The van der Waals surface area contributed by atoms with Gasteiger partial charge in [0.2, 0.25) is 6.10 Å². The molecule has 3 rings (SSSR count). The molecule has 0 fully saturated rings. The van der Waals surface area contributed by atoms with Gasteiger partial charge < -0.3 is 19.6 Å². The van der Waals surface area contributed by atoms with Crippen LogP contribution in [0, 0.1) is 0 Å². The Morgan fingerprint density at radius 2 is 1.85 bits per heavy atom. The molecule has 1 unspecified atom stereocenters. The summed E-state index contributed by atoms with van der Waals surface area (Å²) in [5.41, 5.74) is 1.85. The molecule has 136 valence electrons. The Morgan fingerprint density at radius 1 is 1.15 bits per heavy atom. The van der Waals surface area contributed by atoms with Gasteiger partial charge in [-0.3, -0.25) is 4.79 Å². The molecule has 1 amide bonds. The minimum atomic E-state index is -0.744. The van der Waals surface area contributed by atoms with E-state index in [2.05, 4.69) is 10.5 Å². The number of carbonyl (C=O) groups excluding carboxylic acids is 1. The summed E-state index contributed by atoms with van der Waals surface area (Å²) in [5, 5.41) is 7.80. The van der Waals surface area contributed by atoms with Gasteiger partial charge in [0.15, 0.2) is 0 Å². The summed E-state index contributed by atoms with van der Waals surface area (Å²) in [4.78, 5) is 17.7. The standard InChI is InChI=1S/C18H16Cl2N2O4/c1-24-15-9-16(25-2)13(20)7-12(15)14-8-17(26-22-14)18(23)21-11-5-3-10(19)4-6-11/h3-7,9,17H,8H2,1-2H3,(H,21,23). The molecule has 1 atom stereocenters. The van der Waals surface area contributed by atoms with E-state index in [0.29, 0.717) is 44.9 Å². The van der Waals surface area contributed by atoms with Crippen molar-refractivity contribution in [2.75, 3.05) is 19.5 Å². The maximum Gasteiger partial charge on any atom is 0.268 e. The van der Waals surface area contributed by atoms with Gasteiger partial charge in [0.1, 0.15) is 11.5 Å². The zero-order valence-corrected chi connectivity index (χ0v) is 15.6. The number of amides is 1. The van der Waals surface area contributed by atoms with Crippen molar-refractivity contribution in [1.82, 2.24) is 0 Å². The highest BCUT2D eigenvalue weighted by molar-refractivity contribution is 6.32. The van der Waals surface area contributed by atoms with E-state index >= 15 is 0 Å². The zero-order valence-electron chi connectivity index (χ0n) is 14.1. The van der Waals surface area contributed by atoms with Gasteiger partial charge in [-0.05, 0) is 30.3 Å². The van der Waals surface area contributed by atoms with Crippen LogP contribution in [0.25, 0.3) is 0 Å². The van der Waals surface area contributed by atoms with Crippen molar-refractivity contribution in [2.45, 2.75) is 12.5 Å². The van der Waals surface area contributed by atoms with Crippen LogP contribution in [-0.2, 0) is 9.63 Å². The SMILES string of the molecule is COc1cc(OC)c(C2=NOC(C(=O)Nc3ccc(Cl)cc3)C2)cc1Cl. The number of carbonyl (C=O) groups is 1. The van der Waals surface area contributed by atoms with Crippen molar-refractivity contribution >= 4 is 40.5 Å². The maximum atomic E-state index is 12.4. The van der Waals surface area contributed by atoms with Crippen LogP contribution in [0.5, 0.6) is 11.5 Å². The molecule has 1 aliphatic rings. The van der Waals surface area contributed by atoms with Crippen LogP contribution in [0.2, 0.25) is 10.0 Å². The van der Waals surface area contributed by atoms with Gasteiger partial charge in [0.25, 0.3) is 5.91 Å². The van der Waals surface area contributed by atoms with Crippen LogP contribution in [-0.4, -0.2) is 31.9 Å². The summed E-state index contributed by atoms with van der Waals surface area (Å²) in [6.07, 6.45) is -0.454. The average molecular weight is 395 g/mol. The number of nitrogens with zero attached hydrogens (tertiary/aromatic N) is 1. The number of halogens is 2.